The van der Waals surface area contributed by atoms with Crippen molar-refractivity contribution in [2.75, 3.05) is 11.9 Å². The molecule has 0 bridgehead atoms. The highest BCUT2D eigenvalue weighted by Crippen LogP contribution is 2.31. The Balaban J connectivity index is 3.03. The minimum Gasteiger partial charge on any atom is -0.433 e. The third-order valence-corrected chi connectivity index (χ3v) is 4.46. The molecule has 0 saturated carbocycles. The first-order valence-corrected chi connectivity index (χ1v) is 7.98. The maximum Gasteiger partial charge on any atom is 0.394 e. The first-order valence-electron chi connectivity index (χ1n) is 7.19. The van der Waals surface area contributed by atoms with Gasteiger partial charge in [0.1, 0.15) is 5.75 Å². The molecule has 0 aromatic heterocycles. The van der Waals surface area contributed by atoms with Gasteiger partial charge in [-0.3, -0.25) is 0 Å². The summed E-state index contributed by atoms with van der Waals surface area (Å²) >= 11 is 3.27. The van der Waals surface area contributed by atoms with E-state index in [0.717, 1.165) is 12.0 Å². The van der Waals surface area contributed by atoms with Gasteiger partial charge >= 0.3 is 6.11 Å². The number of benzene rings is 1. The SMILES string of the molecule is CC/C(C)=C(Br)/C(F)=C(/C)N(C)c1ccc(OC(C)(F)F)cc1. The van der Waals surface area contributed by atoms with Gasteiger partial charge in [-0.15, -0.1) is 0 Å². The molecule has 0 unspecified atom stereocenters. The fraction of sp³-hybridized carbons (Fsp3) is 0.412. The van der Waals surface area contributed by atoms with Crippen LogP contribution < -0.4 is 9.64 Å². The molecule has 0 amide bonds. The normalized spacial score (nSPS) is 14.1. The van der Waals surface area contributed by atoms with Gasteiger partial charge in [0, 0.05) is 19.7 Å². The molecule has 0 N–H and O–H groups in total. The first-order chi connectivity index (χ1) is 10.6. The molecule has 0 radical (unpaired) electrons. The molecule has 23 heavy (non-hydrogen) atoms. The van der Waals surface area contributed by atoms with Gasteiger partial charge in [-0.05, 0) is 60.5 Å². The van der Waals surface area contributed by atoms with Crippen molar-refractivity contribution in [1.82, 2.24) is 0 Å². The molecule has 6 heteroatoms. The minimum atomic E-state index is -3.23. The van der Waals surface area contributed by atoms with Crippen LogP contribution in [0.3, 0.4) is 0 Å². The molecular weight excluding hydrogens is 371 g/mol. The zero-order valence-corrected chi connectivity index (χ0v) is 15.5. The third-order valence-electron chi connectivity index (χ3n) is 3.44. The van der Waals surface area contributed by atoms with E-state index >= 15 is 0 Å². The fourth-order valence-electron chi connectivity index (χ4n) is 1.79. The van der Waals surface area contributed by atoms with Crippen molar-refractivity contribution in [2.45, 2.75) is 40.2 Å². The van der Waals surface area contributed by atoms with Crippen LogP contribution in [0.1, 0.15) is 34.1 Å². The van der Waals surface area contributed by atoms with E-state index in [2.05, 4.69) is 20.7 Å². The number of allylic oxidation sites excluding steroid dienone is 4. The van der Waals surface area contributed by atoms with Gasteiger partial charge in [0.25, 0.3) is 0 Å². The van der Waals surface area contributed by atoms with Gasteiger partial charge in [-0.1, -0.05) is 12.5 Å². The Morgan fingerprint density at radius 1 is 1.22 bits per heavy atom. The number of halogens is 4. The highest BCUT2D eigenvalue weighted by atomic mass is 79.9. The maximum absolute atomic E-state index is 14.5. The van der Waals surface area contributed by atoms with E-state index in [0.29, 0.717) is 22.8 Å². The predicted octanol–water partition coefficient (Wildman–Crippen LogP) is 6.39. The lowest BCUT2D eigenvalue weighted by Crippen LogP contribution is -2.19. The molecule has 0 fully saturated rings. The third kappa shape index (κ3) is 5.61. The molecule has 0 saturated heterocycles. The molecule has 0 aliphatic carbocycles. The van der Waals surface area contributed by atoms with Crippen LogP contribution in [0.2, 0.25) is 0 Å². The van der Waals surface area contributed by atoms with E-state index < -0.39 is 6.11 Å². The Morgan fingerprint density at radius 3 is 2.17 bits per heavy atom. The van der Waals surface area contributed by atoms with E-state index in [4.69, 9.17) is 0 Å². The number of alkyl halides is 2. The van der Waals surface area contributed by atoms with Crippen molar-refractivity contribution in [3.05, 3.63) is 45.8 Å². The maximum atomic E-state index is 14.5. The zero-order chi connectivity index (χ0) is 17.8. The van der Waals surface area contributed by atoms with E-state index in [-0.39, 0.29) is 11.6 Å². The second kappa shape index (κ2) is 7.90. The second-order valence-corrected chi connectivity index (χ2v) is 6.10. The van der Waals surface area contributed by atoms with Crippen molar-refractivity contribution in [2.24, 2.45) is 0 Å². The fourth-order valence-corrected chi connectivity index (χ4v) is 2.35. The van der Waals surface area contributed by atoms with Crippen molar-refractivity contribution in [3.8, 4) is 5.75 Å². The summed E-state index contributed by atoms with van der Waals surface area (Å²) in [7, 11) is 1.71. The molecule has 0 spiro atoms. The molecule has 1 aromatic rings. The average molecular weight is 392 g/mol. The van der Waals surface area contributed by atoms with E-state index in [1.165, 1.54) is 12.1 Å². The largest absolute Gasteiger partial charge is 0.433 e. The number of anilines is 1. The number of nitrogens with zero attached hydrogens (tertiary/aromatic N) is 1. The van der Waals surface area contributed by atoms with Gasteiger partial charge in [-0.25, -0.2) is 4.39 Å². The Labute approximate surface area is 143 Å². The van der Waals surface area contributed by atoms with Gasteiger partial charge in [0.05, 0.1) is 10.2 Å². The summed E-state index contributed by atoms with van der Waals surface area (Å²) in [5.74, 6) is -0.299. The van der Waals surface area contributed by atoms with Gasteiger partial charge < -0.3 is 9.64 Å². The van der Waals surface area contributed by atoms with E-state index in [1.54, 1.807) is 31.0 Å². The number of rotatable bonds is 6. The lowest BCUT2D eigenvalue weighted by Gasteiger charge is -2.22. The Bertz CT molecular complexity index is 603. The first kappa shape index (κ1) is 19.6. The monoisotopic (exact) mass is 391 g/mol. The van der Waals surface area contributed by atoms with Crippen molar-refractivity contribution in [3.63, 3.8) is 0 Å². The summed E-state index contributed by atoms with van der Waals surface area (Å²) in [4.78, 5) is 1.65. The van der Waals surface area contributed by atoms with E-state index in [1.807, 2.05) is 13.8 Å². The molecule has 1 rings (SSSR count). The van der Waals surface area contributed by atoms with Crippen LogP contribution in [0.25, 0.3) is 0 Å². The molecule has 2 nitrogen and oxygen atoms in total. The predicted molar refractivity (Wildman–Crippen MR) is 91.8 cm³/mol. The van der Waals surface area contributed by atoms with E-state index in [9.17, 15) is 13.2 Å². The van der Waals surface area contributed by atoms with Gasteiger partial charge in [0.2, 0.25) is 0 Å². The molecule has 0 atom stereocenters. The summed E-state index contributed by atoms with van der Waals surface area (Å²) in [5.41, 5.74) is 1.99. The van der Waals surface area contributed by atoms with Crippen LogP contribution >= 0.6 is 15.9 Å². The Morgan fingerprint density at radius 2 is 1.74 bits per heavy atom. The summed E-state index contributed by atoms with van der Waals surface area (Å²) in [6.45, 7) is 6.14. The molecule has 128 valence electrons. The lowest BCUT2D eigenvalue weighted by atomic mass is 10.2. The summed E-state index contributed by atoms with van der Waals surface area (Å²) < 4.78 is 45.0. The Hall–Kier alpha value is -1.43. The van der Waals surface area contributed by atoms with Crippen LogP contribution in [0.15, 0.2) is 45.8 Å². The topological polar surface area (TPSA) is 12.5 Å². The molecule has 1 aromatic carbocycles. The van der Waals surface area contributed by atoms with Crippen molar-refractivity contribution >= 4 is 21.6 Å². The lowest BCUT2D eigenvalue weighted by molar-refractivity contribution is -0.158. The quantitative estimate of drug-likeness (QED) is 0.520. The van der Waals surface area contributed by atoms with Crippen molar-refractivity contribution < 1.29 is 17.9 Å². The highest BCUT2D eigenvalue weighted by Gasteiger charge is 2.23. The highest BCUT2D eigenvalue weighted by molar-refractivity contribution is 9.12. The molecule has 0 heterocycles. The number of hydrogen-bond donors (Lipinski definition) is 0. The minimum absolute atomic E-state index is 0.0552. The Kier molecular flexibility index (Phi) is 6.74. The zero-order valence-electron chi connectivity index (χ0n) is 13.9. The van der Waals surface area contributed by atoms with Crippen molar-refractivity contribution in [1.29, 1.82) is 0 Å². The molecule has 0 aliphatic heterocycles. The van der Waals surface area contributed by atoms with Gasteiger partial charge in [0.15, 0.2) is 5.83 Å². The smallest absolute Gasteiger partial charge is 0.394 e. The van der Waals surface area contributed by atoms with Crippen LogP contribution in [-0.4, -0.2) is 13.2 Å². The molecular formula is C17H21BrF3NO. The van der Waals surface area contributed by atoms with Crippen LogP contribution in [-0.2, 0) is 0 Å². The number of hydrogen-bond acceptors (Lipinski definition) is 2. The summed E-state index contributed by atoms with van der Waals surface area (Å²) in [5, 5.41) is 0. The van der Waals surface area contributed by atoms with Gasteiger partial charge in [-0.2, -0.15) is 8.78 Å². The second-order valence-electron chi connectivity index (χ2n) is 5.31. The van der Waals surface area contributed by atoms with Crippen LogP contribution in [0, 0.1) is 0 Å². The van der Waals surface area contributed by atoms with Crippen LogP contribution in [0.5, 0.6) is 5.75 Å². The summed E-state index contributed by atoms with van der Waals surface area (Å²) in [6, 6.07) is 6.05. The summed E-state index contributed by atoms with van der Waals surface area (Å²) in [6.07, 6.45) is -2.50. The number of ether oxygens (including phenoxy) is 1. The average Bonchev–Trinajstić information content (AvgIpc) is 2.50. The standard InChI is InChI=1S/C17H21BrF3NO/c1-6-11(2)15(18)16(19)12(3)22(5)13-7-9-14(10-8-13)23-17(4,20)21/h7-10H,6H2,1-5H3/b15-11-,16-12+. The molecule has 0 aliphatic rings. The van der Waals surface area contributed by atoms with Crippen LogP contribution in [0.4, 0.5) is 18.9 Å².